The van der Waals surface area contributed by atoms with E-state index in [0.29, 0.717) is 11.3 Å². The molecule has 108 valence electrons. The van der Waals surface area contributed by atoms with Gasteiger partial charge in [0.1, 0.15) is 5.75 Å². The standard InChI is InChI=1S/C15H14N2O3S/c1-11-10-17(13-8-16-9-14(20-2)15(11)13)21(18,19)12-6-4-3-5-7-12/h3-10H,1-2H3. The Kier molecular flexibility index (Phi) is 3.17. The SMILES string of the molecule is COc1cncc2c1c(C)cn2S(=O)(=O)c1ccccc1. The zero-order valence-electron chi connectivity index (χ0n) is 11.6. The molecule has 0 bridgehead atoms. The lowest BCUT2D eigenvalue weighted by Gasteiger charge is -2.07. The fourth-order valence-corrected chi connectivity index (χ4v) is 3.79. The second-order valence-corrected chi connectivity index (χ2v) is 6.48. The molecule has 0 saturated heterocycles. The quantitative estimate of drug-likeness (QED) is 0.746. The molecule has 0 N–H and O–H groups in total. The van der Waals surface area contributed by atoms with Crippen LogP contribution in [0.1, 0.15) is 5.56 Å². The summed E-state index contributed by atoms with van der Waals surface area (Å²) in [4.78, 5) is 4.30. The number of rotatable bonds is 3. The predicted octanol–water partition coefficient (Wildman–Crippen LogP) is 2.59. The van der Waals surface area contributed by atoms with Gasteiger partial charge in [-0.15, -0.1) is 0 Å². The summed E-state index contributed by atoms with van der Waals surface area (Å²) in [7, 11) is -2.11. The fraction of sp³-hybridized carbons (Fsp3) is 0.133. The molecule has 3 rings (SSSR count). The van der Waals surface area contributed by atoms with Gasteiger partial charge in [0.15, 0.2) is 0 Å². The minimum absolute atomic E-state index is 0.240. The third-order valence-electron chi connectivity index (χ3n) is 3.35. The molecular weight excluding hydrogens is 288 g/mol. The van der Waals surface area contributed by atoms with Crippen LogP contribution in [-0.4, -0.2) is 24.5 Å². The van der Waals surface area contributed by atoms with Crippen molar-refractivity contribution in [3.8, 4) is 5.75 Å². The van der Waals surface area contributed by atoms with Crippen LogP contribution >= 0.6 is 0 Å². The molecule has 2 aromatic heterocycles. The number of aromatic nitrogens is 2. The second-order valence-electron chi connectivity index (χ2n) is 4.66. The highest BCUT2D eigenvalue weighted by Gasteiger charge is 2.21. The molecule has 0 unspecified atom stereocenters. The summed E-state index contributed by atoms with van der Waals surface area (Å²) in [6, 6.07) is 8.32. The molecular formula is C15H14N2O3S. The van der Waals surface area contributed by atoms with Gasteiger partial charge in [0.25, 0.3) is 10.0 Å². The van der Waals surface area contributed by atoms with Crippen molar-refractivity contribution in [2.24, 2.45) is 0 Å². The lowest BCUT2D eigenvalue weighted by atomic mass is 10.2. The summed E-state index contributed by atoms with van der Waals surface area (Å²) >= 11 is 0. The number of ether oxygens (including phenoxy) is 1. The van der Waals surface area contributed by atoms with Crippen LogP contribution in [0.15, 0.2) is 53.8 Å². The molecule has 3 aromatic rings. The molecule has 0 aliphatic heterocycles. The van der Waals surface area contributed by atoms with Crippen molar-refractivity contribution in [3.63, 3.8) is 0 Å². The summed E-state index contributed by atoms with van der Waals surface area (Å²) in [5.41, 5.74) is 1.33. The number of pyridine rings is 1. The number of hydrogen-bond donors (Lipinski definition) is 0. The zero-order valence-corrected chi connectivity index (χ0v) is 12.5. The Morgan fingerprint density at radius 3 is 2.52 bits per heavy atom. The molecule has 0 atom stereocenters. The lowest BCUT2D eigenvalue weighted by Crippen LogP contribution is -2.11. The maximum atomic E-state index is 12.8. The van der Waals surface area contributed by atoms with Crippen LogP contribution in [-0.2, 0) is 10.0 Å². The van der Waals surface area contributed by atoms with E-state index in [1.807, 2.05) is 6.92 Å². The van der Waals surface area contributed by atoms with Crippen molar-refractivity contribution in [1.29, 1.82) is 0 Å². The highest BCUT2D eigenvalue weighted by Crippen LogP contribution is 2.31. The summed E-state index contributed by atoms with van der Waals surface area (Å²) in [5.74, 6) is 0.562. The van der Waals surface area contributed by atoms with E-state index in [2.05, 4.69) is 4.98 Å². The van der Waals surface area contributed by atoms with Crippen molar-refractivity contribution in [2.75, 3.05) is 7.11 Å². The number of methoxy groups -OCH3 is 1. The molecule has 0 fully saturated rings. The average Bonchev–Trinajstić information content (AvgIpc) is 2.86. The number of benzene rings is 1. The molecule has 0 radical (unpaired) electrons. The first-order chi connectivity index (χ1) is 10.1. The molecule has 0 amide bonds. The van der Waals surface area contributed by atoms with Gasteiger partial charge in [-0.1, -0.05) is 18.2 Å². The van der Waals surface area contributed by atoms with Gasteiger partial charge in [0, 0.05) is 11.6 Å². The first-order valence-corrected chi connectivity index (χ1v) is 7.80. The Balaban J connectivity index is 2.32. The molecule has 1 aromatic carbocycles. The summed E-state index contributed by atoms with van der Waals surface area (Å²) in [6.07, 6.45) is 4.71. The normalized spacial score (nSPS) is 11.7. The molecule has 6 heteroatoms. The first-order valence-electron chi connectivity index (χ1n) is 6.36. The van der Waals surface area contributed by atoms with Crippen LogP contribution in [0.4, 0.5) is 0 Å². The van der Waals surface area contributed by atoms with E-state index in [1.54, 1.807) is 49.8 Å². The highest BCUT2D eigenvalue weighted by atomic mass is 32.2. The van der Waals surface area contributed by atoms with Gasteiger partial charge in [0.05, 0.1) is 29.9 Å². The summed E-state index contributed by atoms with van der Waals surface area (Å²) in [6.45, 7) is 1.85. The van der Waals surface area contributed by atoms with Gasteiger partial charge >= 0.3 is 0 Å². The minimum atomic E-state index is -3.65. The van der Waals surface area contributed by atoms with Gasteiger partial charge in [-0.05, 0) is 24.6 Å². The van der Waals surface area contributed by atoms with Crippen LogP contribution in [0, 0.1) is 6.92 Å². The smallest absolute Gasteiger partial charge is 0.268 e. The van der Waals surface area contributed by atoms with E-state index < -0.39 is 10.0 Å². The van der Waals surface area contributed by atoms with Crippen LogP contribution in [0.2, 0.25) is 0 Å². The van der Waals surface area contributed by atoms with Crippen molar-refractivity contribution < 1.29 is 13.2 Å². The van der Waals surface area contributed by atoms with Crippen molar-refractivity contribution >= 4 is 20.9 Å². The Morgan fingerprint density at radius 1 is 1.14 bits per heavy atom. The molecule has 21 heavy (non-hydrogen) atoms. The predicted molar refractivity (Wildman–Crippen MR) is 80.0 cm³/mol. The number of fused-ring (bicyclic) bond motifs is 1. The van der Waals surface area contributed by atoms with Gasteiger partial charge in [0.2, 0.25) is 0 Å². The van der Waals surface area contributed by atoms with Crippen molar-refractivity contribution in [2.45, 2.75) is 11.8 Å². The van der Waals surface area contributed by atoms with Crippen LogP contribution in [0.3, 0.4) is 0 Å². The van der Waals surface area contributed by atoms with E-state index in [1.165, 1.54) is 10.2 Å². The van der Waals surface area contributed by atoms with E-state index in [9.17, 15) is 8.42 Å². The van der Waals surface area contributed by atoms with Gasteiger partial charge in [-0.3, -0.25) is 4.98 Å². The number of aryl methyl sites for hydroxylation is 1. The van der Waals surface area contributed by atoms with Crippen LogP contribution in [0.25, 0.3) is 10.9 Å². The van der Waals surface area contributed by atoms with Crippen LogP contribution < -0.4 is 4.74 Å². The van der Waals surface area contributed by atoms with E-state index in [4.69, 9.17) is 4.74 Å². The van der Waals surface area contributed by atoms with Crippen molar-refractivity contribution in [1.82, 2.24) is 8.96 Å². The zero-order chi connectivity index (χ0) is 15.0. The number of hydrogen-bond acceptors (Lipinski definition) is 4. The first kappa shape index (κ1) is 13.6. The van der Waals surface area contributed by atoms with E-state index >= 15 is 0 Å². The monoisotopic (exact) mass is 302 g/mol. The minimum Gasteiger partial charge on any atom is -0.494 e. The summed E-state index contributed by atoms with van der Waals surface area (Å²) < 4.78 is 32.0. The van der Waals surface area contributed by atoms with Gasteiger partial charge in [-0.25, -0.2) is 12.4 Å². The average molecular weight is 302 g/mol. The van der Waals surface area contributed by atoms with Crippen LogP contribution in [0.5, 0.6) is 5.75 Å². The van der Waals surface area contributed by atoms with E-state index in [0.717, 1.165) is 10.9 Å². The Labute approximate surface area is 122 Å². The van der Waals surface area contributed by atoms with E-state index in [-0.39, 0.29) is 4.90 Å². The second kappa shape index (κ2) is 4.89. The topological polar surface area (TPSA) is 61.2 Å². The molecule has 0 aliphatic carbocycles. The van der Waals surface area contributed by atoms with Gasteiger partial charge in [-0.2, -0.15) is 0 Å². The largest absolute Gasteiger partial charge is 0.494 e. The third-order valence-corrected chi connectivity index (χ3v) is 5.04. The Morgan fingerprint density at radius 2 is 1.86 bits per heavy atom. The molecule has 0 spiro atoms. The molecule has 0 aliphatic rings. The third kappa shape index (κ3) is 2.08. The lowest BCUT2D eigenvalue weighted by molar-refractivity contribution is 0.418. The Bertz CT molecular complexity index is 899. The fourth-order valence-electron chi connectivity index (χ4n) is 2.36. The maximum Gasteiger partial charge on any atom is 0.268 e. The molecule has 5 nitrogen and oxygen atoms in total. The maximum absolute atomic E-state index is 12.8. The van der Waals surface area contributed by atoms with Crippen molar-refractivity contribution in [3.05, 3.63) is 54.5 Å². The molecule has 0 saturated carbocycles. The van der Waals surface area contributed by atoms with Gasteiger partial charge < -0.3 is 4.74 Å². The number of nitrogens with zero attached hydrogens (tertiary/aromatic N) is 2. The molecule has 2 heterocycles. The summed E-state index contributed by atoms with van der Waals surface area (Å²) in [5, 5.41) is 0.756. The Hall–Kier alpha value is -2.34. The highest BCUT2D eigenvalue weighted by molar-refractivity contribution is 7.90.